The maximum Gasteiger partial charge on any atom is 0.0713 e. The minimum absolute atomic E-state index is 0.680. The summed E-state index contributed by atoms with van der Waals surface area (Å²) in [6, 6.07) is 0. The number of ether oxygens (including phenoxy) is 1. The van der Waals surface area contributed by atoms with E-state index >= 15 is 0 Å². The zero-order valence-electron chi connectivity index (χ0n) is 7.02. The molecule has 1 nitrogen and oxygen atoms in total. The molecule has 1 heteroatoms. The average Bonchev–Trinajstić information content (AvgIpc) is 1.93. The van der Waals surface area contributed by atoms with Gasteiger partial charge in [-0.1, -0.05) is 24.8 Å². The Morgan fingerprint density at radius 3 is 2.91 bits per heavy atom. The van der Waals surface area contributed by atoms with E-state index in [1.54, 1.807) is 0 Å². The molecule has 0 spiro atoms. The molecule has 0 atom stereocenters. The van der Waals surface area contributed by atoms with Gasteiger partial charge in [0.25, 0.3) is 0 Å². The van der Waals surface area contributed by atoms with E-state index in [0.717, 1.165) is 24.2 Å². The summed E-state index contributed by atoms with van der Waals surface area (Å²) < 4.78 is 5.22. The standard InChI is InChI=1S/C10H14O/c1-8(2)6-10-4-5-11-7-9(10)3/h6H,1,3-5,7H2,2H3/b10-6-. The van der Waals surface area contributed by atoms with Crippen LogP contribution in [0.25, 0.3) is 0 Å². The van der Waals surface area contributed by atoms with Crippen LogP contribution in [0.2, 0.25) is 0 Å². The quantitative estimate of drug-likeness (QED) is 0.558. The second kappa shape index (κ2) is 3.54. The van der Waals surface area contributed by atoms with Crippen molar-refractivity contribution in [1.82, 2.24) is 0 Å². The van der Waals surface area contributed by atoms with E-state index in [2.05, 4.69) is 19.2 Å². The van der Waals surface area contributed by atoms with Gasteiger partial charge in [0.05, 0.1) is 13.2 Å². The first kappa shape index (κ1) is 8.28. The zero-order valence-corrected chi connectivity index (χ0v) is 7.02. The monoisotopic (exact) mass is 150 g/mol. The largest absolute Gasteiger partial charge is 0.376 e. The Balaban J connectivity index is 2.68. The summed E-state index contributed by atoms with van der Waals surface area (Å²) in [5.41, 5.74) is 3.48. The SMILES string of the molecule is C=C(C)/C=C1/CCOCC1=C. The zero-order chi connectivity index (χ0) is 8.27. The van der Waals surface area contributed by atoms with Crippen LogP contribution in [0.1, 0.15) is 13.3 Å². The van der Waals surface area contributed by atoms with Gasteiger partial charge in [-0.3, -0.25) is 0 Å². The molecule has 0 saturated carbocycles. The Morgan fingerprint density at radius 1 is 1.64 bits per heavy atom. The second-order valence-corrected chi connectivity index (χ2v) is 2.92. The van der Waals surface area contributed by atoms with E-state index in [-0.39, 0.29) is 0 Å². The second-order valence-electron chi connectivity index (χ2n) is 2.92. The van der Waals surface area contributed by atoms with E-state index in [1.807, 2.05) is 6.92 Å². The van der Waals surface area contributed by atoms with Gasteiger partial charge in [-0.25, -0.2) is 0 Å². The van der Waals surface area contributed by atoms with E-state index < -0.39 is 0 Å². The molecule has 1 saturated heterocycles. The maximum absolute atomic E-state index is 5.22. The summed E-state index contributed by atoms with van der Waals surface area (Å²) >= 11 is 0. The molecule has 1 aliphatic heterocycles. The van der Waals surface area contributed by atoms with Crippen LogP contribution in [0, 0.1) is 0 Å². The van der Waals surface area contributed by atoms with Gasteiger partial charge in [0.1, 0.15) is 0 Å². The van der Waals surface area contributed by atoms with Crippen LogP contribution in [0.4, 0.5) is 0 Å². The molecule has 1 aliphatic rings. The first-order valence-corrected chi connectivity index (χ1v) is 3.82. The van der Waals surface area contributed by atoms with Crippen LogP contribution < -0.4 is 0 Å². The smallest absolute Gasteiger partial charge is 0.0713 e. The Hall–Kier alpha value is -0.820. The molecule has 11 heavy (non-hydrogen) atoms. The van der Waals surface area contributed by atoms with Crippen molar-refractivity contribution >= 4 is 0 Å². The fourth-order valence-electron chi connectivity index (χ4n) is 1.12. The first-order valence-electron chi connectivity index (χ1n) is 3.82. The van der Waals surface area contributed by atoms with Gasteiger partial charge in [-0.2, -0.15) is 0 Å². The highest BCUT2D eigenvalue weighted by Crippen LogP contribution is 2.19. The van der Waals surface area contributed by atoms with Gasteiger partial charge >= 0.3 is 0 Å². The molecule has 0 aromatic carbocycles. The predicted molar refractivity (Wildman–Crippen MR) is 47.5 cm³/mol. The maximum atomic E-state index is 5.22. The number of allylic oxidation sites excluding steroid dienone is 2. The minimum atomic E-state index is 0.680. The Morgan fingerprint density at radius 2 is 2.36 bits per heavy atom. The number of rotatable bonds is 1. The predicted octanol–water partition coefficient (Wildman–Crippen LogP) is 2.47. The first-order chi connectivity index (χ1) is 5.20. The van der Waals surface area contributed by atoms with Crippen molar-refractivity contribution in [2.24, 2.45) is 0 Å². The van der Waals surface area contributed by atoms with Crippen molar-refractivity contribution in [3.63, 3.8) is 0 Å². The average molecular weight is 150 g/mol. The lowest BCUT2D eigenvalue weighted by molar-refractivity contribution is 0.146. The molecule has 60 valence electrons. The van der Waals surface area contributed by atoms with Crippen molar-refractivity contribution < 1.29 is 4.74 Å². The molecule has 0 aromatic rings. The molecule has 1 rings (SSSR count). The Kier molecular flexibility index (Phi) is 2.66. The fourth-order valence-corrected chi connectivity index (χ4v) is 1.12. The minimum Gasteiger partial charge on any atom is -0.376 e. The third-order valence-corrected chi connectivity index (χ3v) is 1.67. The topological polar surface area (TPSA) is 9.23 Å². The fraction of sp³-hybridized carbons (Fsp3) is 0.400. The van der Waals surface area contributed by atoms with Gasteiger partial charge in [0, 0.05) is 0 Å². The van der Waals surface area contributed by atoms with Gasteiger partial charge < -0.3 is 4.74 Å². The van der Waals surface area contributed by atoms with E-state index in [4.69, 9.17) is 4.74 Å². The van der Waals surface area contributed by atoms with Crippen molar-refractivity contribution in [2.75, 3.05) is 13.2 Å². The van der Waals surface area contributed by atoms with Crippen LogP contribution in [-0.2, 0) is 4.74 Å². The van der Waals surface area contributed by atoms with Gasteiger partial charge in [0.15, 0.2) is 0 Å². The molecular formula is C10H14O. The molecular weight excluding hydrogens is 136 g/mol. The summed E-state index contributed by atoms with van der Waals surface area (Å²) in [4.78, 5) is 0. The summed E-state index contributed by atoms with van der Waals surface area (Å²) in [5.74, 6) is 0. The normalized spacial score (nSPS) is 22.3. The number of hydrogen-bond acceptors (Lipinski definition) is 1. The molecule has 0 aromatic heterocycles. The van der Waals surface area contributed by atoms with Gasteiger partial charge in [-0.05, 0) is 24.5 Å². The van der Waals surface area contributed by atoms with Crippen molar-refractivity contribution in [3.05, 3.63) is 36.0 Å². The van der Waals surface area contributed by atoms with Crippen LogP contribution in [-0.4, -0.2) is 13.2 Å². The molecule has 0 bridgehead atoms. The molecule has 0 unspecified atom stereocenters. The van der Waals surface area contributed by atoms with Crippen LogP contribution in [0.3, 0.4) is 0 Å². The van der Waals surface area contributed by atoms with Crippen LogP contribution in [0.15, 0.2) is 36.0 Å². The molecule has 0 amide bonds. The molecule has 1 fully saturated rings. The third kappa shape index (κ3) is 2.35. The lowest BCUT2D eigenvalue weighted by Gasteiger charge is -2.17. The van der Waals surface area contributed by atoms with Gasteiger partial charge in [-0.15, -0.1) is 0 Å². The highest BCUT2D eigenvalue weighted by atomic mass is 16.5. The van der Waals surface area contributed by atoms with Gasteiger partial charge in [0.2, 0.25) is 0 Å². The summed E-state index contributed by atoms with van der Waals surface area (Å²) in [7, 11) is 0. The van der Waals surface area contributed by atoms with E-state index in [0.29, 0.717) is 6.61 Å². The van der Waals surface area contributed by atoms with Crippen molar-refractivity contribution in [1.29, 1.82) is 0 Å². The third-order valence-electron chi connectivity index (χ3n) is 1.67. The Bertz CT molecular complexity index is 211. The van der Waals surface area contributed by atoms with E-state index in [9.17, 15) is 0 Å². The van der Waals surface area contributed by atoms with Crippen molar-refractivity contribution in [2.45, 2.75) is 13.3 Å². The number of hydrogen-bond donors (Lipinski definition) is 0. The highest BCUT2D eigenvalue weighted by molar-refractivity contribution is 5.35. The van der Waals surface area contributed by atoms with Crippen molar-refractivity contribution in [3.8, 4) is 0 Å². The lowest BCUT2D eigenvalue weighted by atomic mass is 10.0. The lowest BCUT2D eigenvalue weighted by Crippen LogP contribution is -2.10. The summed E-state index contributed by atoms with van der Waals surface area (Å²) in [5, 5.41) is 0. The highest BCUT2D eigenvalue weighted by Gasteiger charge is 2.08. The van der Waals surface area contributed by atoms with Crippen LogP contribution >= 0.6 is 0 Å². The Labute approximate surface area is 68.1 Å². The molecule has 1 heterocycles. The van der Waals surface area contributed by atoms with Crippen LogP contribution in [0.5, 0.6) is 0 Å². The molecule has 0 aliphatic carbocycles. The summed E-state index contributed by atoms with van der Waals surface area (Å²) in [6.07, 6.45) is 3.07. The summed E-state index contributed by atoms with van der Waals surface area (Å²) in [6.45, 7) is 11.2. The molecule has 0 N–H and O–H groups in total. The van der Waals surface area contributed by atoms with E-state index in [1.165, 1.54) is 5.57 Å². The molecule has 0 radical (unpaired) electrons.